The smallest absolute Gasteiger partial charge is 0.0130 e. The first-order chi connectivity index (χ1) is 6.12. The van der Waals surface area contributed by atoms with Gasteiger partial charge in [-0.05, 0) is 44.6 Å². The highest BCUT2D eigenvalue weighted by molar-refractivity contribution is 4.83. The SMILES string of the molecule is CC(C)CCNC(C)(C)CC(C)(C)C. The van der Waals surface area contributed by atoms with Gasteiger partial charge in [-0.25, -0.2) is 0 Å². The van der Waals surface area contributed by atoms with E-state index in [0.717, 1.165) is 12.5 Å². The number of hydrogen-bond donors (Lipinski definition) is 1. The highest BCUT2D eigenvalue weighted by atomic mass is 14.9. The normalized spacial score (nSPS) is 13.7. The molecule has 0 aliphatic rings. The van der Waals surface area contributed by atoms with E-state index in [9.17, 15) is 0 Å². The van der Waals surface area contributed by atoms with Crippen LogP contribution in [0.5, 0.6) is 0 Å². The maximum absolute atomic E-state index is 3.65. The summed E-state index contributed by atoms with van der Waals surface area (Å²) >= 11 is 0. The van der Waals surface area contributed by atoms with E-state index in [-0.39, 0.29) is 5.54 Å². The summed E-state index contributed by atoms with van der Waals surface area (Å²) in [7, 11) is 0. The molecule has 0 aliphatic heterocycles. The summed E-state index contributed by atoms with van der Waals surface area (Å²) in [6, 6.07) is 0. The van der Waals surface area contributed by atoms with Gasteiger partial charge in [-0.2, -0.15) is 0 Å². The Morgan fingerprint density at radius 2 is 1.50 bits per heavy atom. The third-order valence-corrected chi connectivity index (χ3v) is 2.30. The highest BCUT2D eigenvalue weighted by Crippen LogP contribution is 2.26. The van der Waals surface area contributed by atoms with Crippen molar-refractivity contribution in [2.75, 3.05) is 6.54 Å². The minimum Gasteiger partial charge on any atom is -0.312 e. The van der Waals surface area contributed by atoms with Crippen LogP contribution in [0, 0.1) is 11.3 Å². The zero-order chi connectivity index (χ0) is 11.4. The Labute approximate surface area is 90.7 Å². The van der Waals surface area contributed by atoms with Crippen LogP contribution in [0.25, 0.3) is 0 Å². The number of nitrogens with one attached hydrogen (secondary N) is 1. The van der Waals surface area contributed by atoms with Crippen LogP contribution >= 0.6 is 0 Å². The third-order valence-electron chi connectivity index (χ3n) is 2.30. The van der Waals surface area contributed by atoms with Gasteiger partial charge in [-0.3, -0.25) is 0 Å². The molecule has 0 amide bonds. The summed E-state index contributed by atoms with van der Waals surface area (Å²) in [5, 5.41) is 3.65. The van der Waals surface area contributed by atoms with E-state index in [1.54, 1.807) is 0 Å². The average molecular weight is 199 g/mol. The fourth-order valence-corrected chi connectivity index (χ4v) is 2.09. The summed E-state index contributed by atoms with van der Waals surface area (Å²) in [5.74, 6) is 0.799. The van der Waals surface area contributed by atoms with Crippen molar-refractivity contribution < 1.29 is 0 Å². The first-order valence-electron chi connectivity index (χ1n) is 5.87. The van der Waals surface area contributed by atoms with Crippen molar-refractivity contribution in [3.8, 4) is 0 Å². The first kappa shape index (κ1) is 14.0. The topological polar surface area (TPSA) is 12.0 Å². The predicted octanol–water partition coefficient (Wildman–Crippen LogP) is 3.84. The van der Waals surface area contributed by atoms with Crippen LogP contribution in [0.2, 0.25) is 0 Å². The molecule has 0 radical (unpaired) electrons. The van der Waals surface area contributed by atoms with Gasteiger partial charge in [0.2, 0.25) is 0 Å². The molecule has 0 aromatic rings. The Morgan fingerprint density at radius 1 is 1.00 bits per heavy atom. The molecule has 0 spiro atoms. The van der Waals surface area contributed by atoms with Crippen molar-refractivity contribution in [2.45, 2.75) is 66.8 Å². The third kappa shape index (κ3) is 8.55. The zero-order valence-electron chi connectivity index (χ0n) is 11.2. The van der Waals surface area contributed by atoms with Crippen LogP contribution in [0.1, 0.15) is 61.3 Å². The fourth-order valence-electron chi connectivity index (χ4n) is 2.09. The van der Waals surface area contributed by atoms with Gasteiger partial charge in [0.25, 0.3) is 0 Å². The van der Waals surface area contributed by atoms with Crippen LogP contribution in [-0.4, -0.2) is 12.1 Å². The second-order valence-electron chi connectivity index (χ2n) is 6.73. The Bertz CT molecular complexity index is 151. The summed E-state index contributed by atoms with van der Waals surface area (Å²) in [5.41, 5.74) is 0.682. The van der Waals surface area contributed by atoms with E-state index in [1.165, 1.54) is 12.8 Å². The highest BCUT2D eigenvalue weighted by Gasteiger charge is 2.24. The average Bonchev–Trinajstić information content (AvgIpc) is 1.78. The van der Waals surface area contributed by atoms with E-state index < -0.39 is 0 Å². The van der Waals surface area contributed by atoms with E-state index in [4.69, 9.17) is 0 Å². The van der Waals surface area contributed by atoms with Crippen LogP contribution in [0.15, 0.2) is 0 Å². The summed E-state index contributed by atoms with van der Waals surface area (Å²) in [6.07, 6.45) is 2.49. The Hall–Kier alpha value is -0.0400. The van der Waals surface area contributed by atoms with Crippen LogP contribution in [0.4, 0.5) is 0 Å². The van der Waals surface area contributed by atoms with Crippen molar-refractivity contribution >= 4 is 0 Å². The second kappa shape index (κ2) is 5.16. The van der Waals surface area contributed by atoms with E-state index in [0.29, 0.717) is 5.41 Å². The van der Waals surface area contributed by atoms with Gasteiger partial charge in [0.15, 0.2) is 0 Å². The minimum absolute atomic E-state index is 0.271. The lowest BCUT2D eigenvalue weighted by Gasteiger charge is -2.33. The van der Waals surface area contributed by atoms with Gasteiger partial charge in [-0.1, -0.05) is 34.6 Å². The molecule has 0 aromatic carbocycles. The lowest BCUT2D eigenvalue weighted by Crippen LogP contribution is -2.43. The summed E-state index contributed by atoms with van der Waals surface area (Å²) in [6.45, 7) is 17.2. The van der Waals surface area contributed by atoms with Gasteiger partial charge in [0, 0.05) is 5.54 Å². The fraction of sp³-hybridized carbons (Fsp3) is 1.00. The van der Waals surface area contributed by atoms with Crippen molar-refractivity contribution in [1.29, 1.82) is 0 Å². The molecular formula is C13H29N. The van der Waals surface area contributed by atoms with Crippen LogP contribution in [0.3, 0.4) is 0 Å². The van der Waals surface area contributed by atoms with E-state index in [1.807, 2.05) is 0 Å². The molecule has 0 unspecified atom stereocenters. The van der Waals surface area contributed by atoms with Crippen molar-refractivity contribution in [2.24, 2.45) is 11.3 Å². The maximum Gasteiger partial charge on any atom is 0.0130 e. The van der Waals surface area contributed by atoms with Gasteiger partial charge >= 0.3 is 0 Å². The molecule has 0 fully saturated rings. The van der Waals surface area contributed by atoms with Gasteiger partial charge < -0.3 is 5.32 Å². The van der Waals surface area contributed by atoms with E-state index in [2.05, 4.69) is 53.8 Å². The lowest BCUT2D eigenvalue weighted by molar-refractivity contribution is 0.239. The zero-order valence-corrected chi connectivity index (χ0v) is 11.2. The first-order valence-corrected chi connectivity index (χ1v) is 5.87. The quantitative estimate of drug-likeness (QED) is 0.709. The molecule has 1 heteroatoms. The largest absolute Gasteiger partial charge is 0.312 e. The van der Waals surface area contributed by atoms with E-state index >= 15 is 0 Å². The number of hydrogen-bond acceptors (Lipinski definition) is 1. The molecule has 0 saturated carbocycles. The Balaban J connectivity index is 3.84. The predicted molar refractivity (Wildman–Crippen MR) is 65.6 cm³/mol. The lowest BCUT2D eigenvalue weighted by atomic mass is 9.82. The van der Waals surface area contributed by atoms with Gasteiger partial charge in [0.1, 0.15) is 0 Å². The monoisotopic (exact) mass is 199 g/mol. The Morgan fingerprint density at radius 3 is 1.86 bits per heavy atom. The molecule has 0 saturated heterocycles. The van der Waals surface area contributed by atoms with Crippen molar-refractivity contribution in [3.63, 3.8) is 0 Å². The van der Waals surface area contributed by atoms with Crippen LogP contribution in [-0.2, 0) is 0 Å². The molecule has 1 nitrogen and oxygen atoms in total. The molecule has 1 N–H and O–H groups in total. The molecule has 0 aliphatic carbocycles. The molecule has 0 aromatic heterocycles. The van der Waals surface area contributed by atoms with Crippen molar-refractivity contribution in [3.05, 3.63) is 0 Å². The van der Waals surface area contributed by atoms with Gasteiger partial charge in [0.05, 0.1) is 0 Å². The minimum atomic E-state index is 0.271. The maximum atomic E-state index is 3.65. The molecule has 14 heavy (non-hydrogen) atoms. The van der Waals surface area contributed by atoms with Gasteiger partial charge in [-0.15, -0.1) is 0 Å². The molecule has 0 bridgehead atoms. The second-order valence-corrected chi connectivity index (χ2v) is 6.73. The Kier molecular flexibility index (Phi) is 5.14. The summed E-state index contributed by atoms with van der Waals surface area (Å²) in [4.78, 5) is 0. The van der Waals surface area contributed by atoms with Crippen LogP contribution < -0.4 is 5.32 Å². The standard InChI is InChI=1S/C13H29N/c1-11(2)8-9-14-13(6,7)10-12(3,4)5/h11,14H,8-10H2,1-7H3. The molecular weight excluding hydrogens is 170 g/mol. The molecule has 0 atom stereocenters. The van der Waals surface area contributed by atoms with Crippen molar-refractivity contribution in [1.82, 2.24) is 5.32 Å². The molecule has 0 rings (SSSR count). The number of rotatable bonds is 5. The molecule has 86 valence electrons. The summed E-state index contributed by atoms with van der Waals surface area (Å²) < 4.78 is 0. The molecule has 0 heterocycles.